The molecule has 7 nitrogen and oxygen atoms in total. The summed E-state index contributed by atoms with van der Waals surface area (Å²) in [6.07, 6.45) is 0.872. The Bertz CT molecular complexity index is 1000. The van der Waals surface area contributed by atoms with Crippen molar-refractivity contribution in [1.82, 2.24) is 0 Å². The maximum atomic E-state index is 12.2. The maximum Gasteiger partial charge on any atom is 0.335 e. The molecule has 27 heavy (non-hydrogen) atoms. The molecule has 1 saturated heterocycles. The van der Waals surface area contributed by atoms with E-state index in [1.54, 1.807) is 6.07 Å². The van der Waals surface area contributed by atoms with Crippen LogP contribution in [-0.4, -0.2) is 38.3 Å². The second kappa shape index (κ2) is 7.28. The highest BCUT2D eigenvalue weighted by molar-refractivity contribution is 6.07. The first-order chi connectivity index (χ1) is 13.2. The monoisotopic (exact) mass is 369 g/mol. The van der Waals surface area contributed by atoms with Crippen LogP contribution in [0.5, 0.6) is 5.75 Å². The number of rotatable bonds is 5. The summed E-state index contributed by atoms with van der Waals surface area (Å²) in [6.45, 7) is 0.153. The van der Waals surface area contributed by atoms with Gasteiger partial charge in [0.25, 0.3) is 5.91 Å². The highest BCUT2D eigenvalue weighted by Crippen LogP contribution is 2.36. The minimum Gasteiger partial charge on any atom is -0.495 e. The van der Waals surface area contributed by atoms with Crippen LogP contribution in [0.3, 0.4) is 0 Å². The number of fused-ring (bicyclic) bond motifs is 3. The number of benzene rings is 2. The predicted octanol–water partition coefficient (Wildman–Crippen LogP) is 3.26. The molecular weight excluding hydrogens is 350 g/mol. The normalized spacial score (nSPS) is 16.6. The Hall–Kier alpha value is -3.06. The molecule has 2 heterocycles. The smallest absolute Gasteiger partial charge is 0.335 e. The average Bonchev–Trinajstić information content (AvgIpc) is 3.33. The minimum absolute atomic E-state index is 0.389. The quantitative estimate of drug-likeness (QED) is 0.695. The van der Waals surface area contributed by atoms with Gasteiger partial charge in [-0.3, -0.25) is 4.79 Å². The van der Waals surface area contributed by atoms with E-state index >= 15 is 0 Å². The Kier molecular flexibility index (Phi) is 4.68. The third kappa shape index (κ3) is 3.46. The van der Waals surface area contributed by atoms with Gasteiger partial charge in [0.2, 0.25) is 0 Å². The fraction of sp³-hybridized carbons (Fsp3) is 0.300. The summed E-state index contributed by atoms with van der Waals surface area (Å²) < 4.78 is 21.5. The van der Waals surface area contributed by atoms with Crippen LogP contribution in [0.25, 0.3) is 21.9 Å². The molecule has 2 aromatic carbocycles. The van der Waals surface area contributed by atoms with Gasteiger partial charge < -0.3 is 23.9 Å². The summed E-state index contributed by atoms with van der Waals surface area (Å²) in [5, 5.41) is 4.56. The van der Waals surface area contributed by atoms with Crippen LogP contribution in [0.1, 0.15) is 12.8 Å². The van der Waals surface area contributed by atoms with E-state index in [0.717, 1.165) is 22.8 Å². The van der Waals surface area contributed by atoms with E-state index < -0.39 is 18.0 Å². The number of anilines is 1. The topological polar surface area (TPSA) is 87.0 Å². The summed E-state index contributed by atoms with van der Waals surface area (Å²) >= 11 is 0. The van der Waals surface area contributed by atoms with Crippen LogP contribution in [-0.2, 0) is 19.1 Å². The molecule has 0 aliphatic carbocycles. The largest absolute Gasteiger partial charge is 0.495 e. The number of hydrogen-bond donors (Lipinski definition) is 1. The number of methoxy groups -OCH3 is 1. The molecule has 1 amide bonds. The fourth-order valence-electron chi connectivity index (χ4n) is 3.20. The maximum absolute atomic E-state index is 12.2. The number of amides is 1. The van der Waals surface area contributed by atoms with Crippen molar-refractivity contribution in [2.24, 2.45) is 0 Å². The molecule has 0 bridgehead atoms. The first-order valence-corrected chi connectivity index (χ1v) is 8.73. The Labute approximate surface area is 155 Å². The lowest BCUT2D eigenvalue weighted by Gasteiger charge is -2.12. The third-order valence-corrected chi connectivity index (χ3v) is 4.51. The van der Waals surface area contributed by atoms with Crippen molar-refractivity contribution in [2.75, 3.05) is 25.6 Å². The van der Waals surface area contributed by atoms with Crippen LogP contribution in [0, 0.1) is 0 Å². The first kappa shape index (κ1) is 17.4. The predicted molar refractivity (Wildman–Crippen MR) is 98.8 cm³/mol. The van der Waals surface area contributed by atoms with E-state index in [4.69, 9.17) is 18.6 Å². The number of para-hydroxylation sites is 1. The molecule has 1 aliphatic heterocycles. The van der Waals surface area contributed by atoms with Crippen molar-refractivity contribution >= 4 is 39.5 Å². The lowest BCUT2D eigenvalue weighted by molar-refractivity contribution is -0.156. The lowest BCUT2D eigenvalue weighted by Crippen LogP contribution is -2.27. The SMILES string of the molecule is COc1cc2c(cc1NC(=O)COC(=O)[C@@H]1CCCO1)oc1ccccc12. The van der Waals surface area contributed by atoms with Crippen LogP contribution < -0.4 is 10.1 Å². The van der Waals surface area contributed by atoms with E-state index in [9.17, 15) is 9.59 Å². The van der Waals surface area contributed by atoms with E-state index in [-0.39, 0.29) is 6.61 Å². The second-order valence-electron chi connectivity index (χ2n) is 6.30. The van der Waals surface area contributed by atoms with Gasteiger partial charge in [0.1, 0.15) is 16.9 Å². The van der Waals surface area contributed by atoms with Crippen molar-refractivity contribution in [2.45, 2.75) is 18.9 Å². The van der Waals surface area contributed by atoms with Crippen molar-refractivity contribution < 1.29 is 28.2 Å². The molecule has 1 aromatic heterocycles. The molecule has 0 spiro atoms. The summed E-state index contributed by atoms with van der Waals surface area (Å²) in [5.41, 5.74) is 1.83. The number of carbonyl (C=O) groups is 2. The van der Waals surface area contributed by atoms with Crippen LogP contribution >= 0.6 is 0 Å². The summed E-state index contributed by atoms with van der Waals surface area (Å²) in [7, 11) is 1.52. The molecule has 1 aliphatic rings. The van der Waals surface area contributed by atoms with Gasteiger partial charge in [-0.15, -0.1) is 0 Å². The third-order valence-electron chi connectivity index (χ3n) is 4.51. The number of nitrogens with one attached hydrogen (secondary N) is 1. The zero-order valence-electron chi connectivity index (χ0n) is 14.8. The Morgan fingerprint density at radius 1 is 1.19 bits per heavy atom. The molecule has 7 heteroatoms. The summed E-state index contributed by atoms with van der Waals surface area (Å²) in [4.78, 5) is 24.0. The highest BCUT2D eigenvalue weighted by atomic mass is 16.6. The van der Waals surface area contributed by atoms with Crippen molar-refractivity contribution in [3.8, 4) is 5.75 Å². The molecular formula is C20H19NO6. The first-order valence-electron chi connectivity index (χ1n) is 8.73. The Balaban J connectivity index is 1.51. The summed E-state index contributed by atoms with van der Waals surface area (Å²) in [5.74, 6) is -0.481. The van der Waals surface area contributed by atoms with Crippen molar-refractivity contribution in [1.29, 1.82) is 0 Å². The van der Waals surface area contributed by atoms with Gasteiger partial charge >= 0.3 is 5.97 Å². The number of carbonyl (C=O) groups excluding carboxylic acids is 2. The van der Waals surface area contributed by atoms with Gasteiger partial charge in [0.15, 0.2) is 12.7 Å². The highest BCUT2D eigenvalue weighted by Gasteiger charge is 2.25. The molecule has 0 radical (unpaired) electrons. The zero-order chi connectivity index (χ0) is 18.8. The minimum atomic E-state index is -0.570. The number of esters is 1. The van der Waals surface area contributed by atoms with E-state index in [2.05, 4.69) is 5.32 Å². The average molecular weight is 369 g/mol. The van der Waals surface area contributed by atoms with Crippen LogP contribution in [0.4, 0.5) is 5.69 Å². The van der Waals surface area contributed by atoms with Crippen LogP contribution in [0.2, 0.25) is 0 Å². The summed E-state index contributed by atoms with van der Waals surface area (Å²) in [6, 6.07) is 11.2. The van der Waals surface area contributed by atoms with Gasteiger partial charge in [-0.25, -0.2) is 4.79 Å². The molecule has 1 atom stereocenters. The fourth-order valence-corrected chi connectivity index (χ4v) is 3.20. The number of ether oxygens (including phenoxy) is 3. The molecule has 4 rings (SSSR count). The van der Waals surface area contributed by atoms with Gasteiger partial charge in [0.05, 0.1) is 12.8 Å². The molecule has 1 fully saturated rings. The molecule has 140 valence electrons. The standard InChI is InChI=1S/C20H19NO6/c1-24-18-9-13-12-5-2-3-6-15(12)27-17(13)10-14(18)21-19(22)11-26-20(23)16-7-4-8-25-16/h2-3,5-6,9-10,16H,4,7-8,11H2,1H3,(H,21,22)/t16-/m0/s1. The van der Waals surface area contributed by atoms with Crippen molar-refractivity contribution in [3.63, 3.8) is 0 Å². The Morgan fingerprint density at radius 2 is 2.04 bits per heavy atom. The Morgan fingerprint density at radius 3 is 2.81 bits per heavy atom. The molecule has 3 aromatic rings. The van der Waals surface area contributed by atoms with Gasteiger partial charge in [-0.2, -0.15) is 0 Å². The number of furan rings is 1. The number of hydrogen-bond acceptors (Lipinski definition) is 6. The van der Waals surface area contributed by atoms with E-state index in [1.807, 2.05) is 30.3 Å². The van der Waals surface area contributed by atoms with Gasteiger partial charge in [-0.1, -0.05) is 18.2 Å². The van der Waals surface area contributed by atoms with Crippen molar-refractivity contribution in [3.05, 3.63) is 36.4 Å². The lowest BCUT2D eigenvalue weighted by atomic mass is 10.1. The molecule has 0 saturated carbocycles. The zero-order valence-corrected chi connectivity index (χ0v) is 14.8. The van der Waals surface area contributed by atoms with Gasteiger partial charge in [0, 0.05) is 23.4 Å². The molecule has 0 unspecified atom stereocenters. The second-order valence-corrected chi connectivity index (χ2v) is 6.30. The van der Waals surface area contributed by atoms with E-state index in [0.29, 0.717) is 30.0 Å². The van der Waals surface area contributed by atoms with Gasteiger partial charge in [-0.05, 0) is 25.0 Å². The molecule has 1 N–H and O–H groups in total. The van der Waals surface area contributed by atoms with E-state index in [1.165, 1.54) is 7.11 Å². The van der Waals surface area contributed by atoms with Crippen LogP contribution in [0.15, 0.2) is 40.8 Å².